The number of urea groups is 1. The zero-order chi connectivity index (χ0) is 11.2. The fourth-order valence-electron chi connectivity index (χ4n) is 0.869. The molecule has 0 rings (SSSR count). The lowest BCUT2D eigenvalue weighted by atomic mass is 10.0. The van der Waals surface area contributed by atoms with Crippen molar-refractivity contribution in [2.45, 2.75) is 25.8 Å². The van der Waals surface area contributed by atoms with Crippen LogP contribution in [-0.4, -0.2) is 35.7 Å². The van der Waals surface area contributed by atoms with Crippen LogP contribution < -0.4 is 16.4 Å². The predicted molar refractivity (Wildman–Crippen MR) is 51.5 cm³/mol. The van der Waals surface area contributed by atoms with Crippen LogP contribution in [0.2, 0.25) is 0 Å². The molecule has 14 heavy (non-hydrogen) atoms. The van der Waals surface area contributed by atoms with Gasteiger partial charge in [0.05, 0.1) is 6.54 Å². The van der Waals surface area contributed by atoms with Crippen molar-refractivity contribution in [3.05, 3.63) is 0 Å². The number of carbonyl (C=O) groups excluding carboxylic acids is 2. The first-order valence-corrected chi connectivity index (χ1v) is 4.32. The van der Waals surface area contributed by atoms with E-state index in [0.717, 1.165) is 0 Å². The van der Waals surface area contributed by atoms with E-state index >= 15 is 0 Å². The first kappa shape index (κ1) is 12.9. The molecule has 0 heterocycles. The van der Waals surface area contributed by atoms with E-state index in [1.807, 2.05) is 19.2 Å². The number of aliphatic hydroxyl groups excluding tert-OH is 1. The molecule has 0 spiro atoms. The second-order valence-electron chi connectivity index (χ2n) is 3.62. The summed E-state index contributed by atoms with van der Waals surface area (Å²) in [5, 5.41) is 13.5. The highest BCUT2D eigenvalue weighted by atomic mass is 16.3. The molecule has 6 heteroatoms. The topological polar surface area (TPSA) is 104 Å². The Morgan fingerprint density at radius 1 is 1.43 bits per heavy atom. The van der Waals surface area contributed by atoms with Crippen molar-refractivity contribution in [2.75, 3.05) is 13.2 Å². The van der Waals surface area contributed by atoms with Gasteiger partial charge in [0.25, 0.3) is 0 Å². The van der Waals surface area contributed by atoms with Gasteiger partial charge in [0.15, 0.2) is 0 Å². The molecule has 3 amide bonds. The van der Waals surface area contributed by atoms with Gasteiger partial charge in [-0.25, -0.2) is 4.79 Å². The lowest BCUT2D eigenvalue weighted by molar-refractivity contribution is -0.119. The number of imide groups is 1. The second-order valence-corrected chi connectivity index (χ2v) is 3.62. The van der Waals surface area contributed by atoms with Gasteiger partial charge in [-0.15, -0.1) is 0 Å². The number of nitrogens with two attached hydrogens (primary N) is 1. The van der Waals surface area contributed by atoms with Gasteiger partial charge in [0.2, 0.25) is 5.91 Å². The molecule has 0 aliphatic rings. The van der Waals surface area contributed by atoms with E-state index in [1.165, 1.54) is 0 Å². The van der Waals surface area contributed by atoms with Gasteiger partial charge in [-0.05, 0) is 20.3 Å². The lowest BCUT2D eigenvalue weighted by Crippen LogP contribution is -2.47. The Balaban J connectivity index is 3.81. The molecule has 0 atom stereocenters. The minimum atomic E-state index is -0.864. The molecule has 0 aliphatic carbocycles. The third-order valence-corrected chi connectivity index (χ3v) is 1.73. The highest BCUT2D eigenvalue weighted by Crippen LogP contribution is 2.05. The summed E-state index contributed by atoms with van der Waals surface area (Å²) < 4.78 is 0. The standard InChI is InChI=1S/C8H17N3O3/c1-8(2,3-4-12)10-5-6(13)11-7(9)14/h10,12H,3-5H2,1-2H3,(H3,9,11,13,14). The number of hydrogen-bond donors (Lipinski definition) is 4. The van der Waals surface area contributed by atoms with Gasteiger partial charge in [0.1, 0.15) is 0 Å². The van der Waals surface area contributed by atoms with Crippen LogP contribution in [0.15, 0.2) is 0 Å². The summed E-state index contributed by atoms with van der Waals surface area (Å²) in [7, 11) is 0. The number of nitrogens with one attached hydrogen (secondary N) is 2. The third-order valence-electron chi connectivity index (χ3n) is 1.73. The van der Waals surface area contributed by atoms with Crippen molar-refractivity contribution in [3.63, 3.8) is 0 Å². The van der Waals surface area contributed by atoms with E-state index in [9.17, 15) is 9.59 Å². The van der Waals surface area contributed by atoms with Gasteiger partial charge in [0, 0.05) is 12.1 Å². The summed E-state index contributed by atoms with van der Waals surface area (Å²) in [6.07, 6.45) is 0.525. The van der Waals surface area contributed by atoms with E-state index in [1.54, 1.807) is 0 Å². The van der Waals surface area contributed by atoms with Crippen molar-refractivity contribution < 1.29 is 14.7 Å². The molecule has 0 saturated heterocycles. The van der Waals surface area contributed by atoms with Gasteiger partial charge in [-0.1, -0.05) is 0 Å². The number of hydrogen-bond acceptors (Lipinski definition) is 4. The van der Waals surface area contributed by atoms with Gasteiger partial charge in [-0.3, -0.25) is 10.1 Å². The van der Waals surface area contributed by atoms with Crippen LogP contribution in [0.1, 0.15) is 20.3 Å². The molecule has 82 valence electrons. The monoisotopic (exact) mass is 203 g/mol. The Bertz CT molecular complexity index is 216. The molecule has 0 bridgehead atoms. The van der Waals surface area contributed by atoms with Crippen molar-refractivity contribution >= 4 is 11.9 Å². The number of aliphatic hydroxyl groups is 1. The molecule has 6 nitrogen and oxygen atoms in total. The second kappa shape index (κ2) is 5.56. The van der Waals surface area contributed by atoms with Gasteiger partial charge < -0.3 is 16.2 Å². The normalized spacial score (nSPS) is 11.1. The van der Waals surface area contributed by atoms with Crippen LogP contribution in [0.25, 0.3) is 0 Å². The molecule has 0 aromatic rings. The Hall–Kier alpha value is -1.14. The summed E-state index contributed by atoms with van der Waals surface area (Å²) >= 11 is 0. The van der Waals surface area contributed by atoms with Crippen LogP contribution in [-0.2, 0) is 4.79 Å². The van der Waals surface area contributed by atoms with Crippen molar-refractivity contribution in [2.24, 2.45) is 5.73 Å². The zero-order valence-electron chi connectivity index (χ0n) is 8.46. The maximum atomic E-state index is 11.0. The summed E-state index contributed by atoms with van der Waals surface area (Å²) in [5.41, 5.74) is 4.41. The SMILES string of the molecule is CC(C)(CCO)NCC(=O)NC(N)=O. The van der Waals surface area contributed by atoms with Gasteiger partial charge in [-0.2, -0.15) is 0 Å². The minimum Gasteiger partial charge on any atom is -0.396 e. The average Bonchev–Trinajstić information content (AvgIpc) is 2.00. The predicted octanol–water partition coefficient (Wildman–Crippen LogP) is -1.07. The first-order valence-electron chi connectivity index (χ1n) is 4.32. The van der Waals surface area contributed by atoms with Crippen LogP contribution in [0.5, 0.6) is 0 Å². The quantitative estimate of drug-likeness (QED) is 0.456. The van der Waals surface area contributed by atoms with Crippen molar-refractivity contribution in [1.82, 2.24) is 10.6 Å². The van der Waals surface area contributed by atoms with Crippen LogP contribution in [0.4, 0.5) is 4.79 Å². The molecule has 0 radical (unpaired) electrons. The number of rotatable bonds is 5. The van der Waals surface area contributed by atoms with E-state index in [0.29, 0.717) is 6.42 Å². The average molecular weight is 203 g/mol. The summed E-state index contributed by atoms with van der Waals surface area (Å²) in [6, 6.07) is -0.864. The van der Waals surface area contributed by atoms with Crippen LogP contribution >= 0.6 is 0 Å². The molecule has 0 aromatic heterocycles. The highest BCUT2D eigenvalue weighted by molar-refractivity contribution is 5.94. The largest absolute Gasteiger partial charge is 0.396 e. The van der Waals surface area contributed by atoms with Crippen molar-refractivity contribution in [1.29, 1.82) is 0 Å². The molecular weight excluding hydrogens is 186 g/mol. The third kappa shape index (κ3) is 6.38. The van der Waals surface area contributed by atoms with E-state index in [2.05, 4.69) is 5.32 Å². The Labute approximate surface area is 82.9 Å². The molecule has 0 unspecified atom stereocenters. The molecule has 0 saturated carbocycles. The fourth-order valence-corrected chi connectivity index (χ4v) is 0.869. The molecule has 0 fully saturated rings. The number of primary amides is 1. The number of carbonyl (C=O) groups is 2. The maximum Gasteiger partial charge on any atom is 0.318 e. The molecular formula is C8H17N3O3. The summed E-state index contributed by atoms with van der Waals surface area (Å²) in [6.45, 7) is 3.73. The van der Waals surface area contributed by atoms with Gasteiger partial charge >= 0.3 is 6.03 Å². The lowest BCUT2D eigenvalue weighted by Gasteiger charge is -2.24. The summed E-state index contributed by atoms with van der Waals surface area (Å²) in [5.74, 6) is -0.483. The molecule has 0 aliphatic heterocycles. The Kier molecular flexibility index (Phi) is 5.11. The van der Waals surface area contributed by atoms with E-state index in [-0.39, 0.29) is 18.7 Å². The smallest absolute Gasteiger partial charge is 0.318 e. The van der Waals surface area contributed by atoms with E-state index in [4.69, 9.17) is 10.8 Å². The molecule has 5 N–H and O–H groups in total. The van der Waals surface area contributed by atoms with Crippen LogP contribution in [0.3, 0.4) is 0 Å². The van der Waals surface area contributed by atoms with Crippen molar-refractivity contribution in [3.8, 4) is 0 Å². The zero-order valence-corrected chi connectivity index (χ0v) is 8.46. The van der Waals surface area contributed by atoms with E-state index < -0.39 is 11.9 Å². The first-order chi connectivity index (χ1) is 6.37. The van der Waals surface area contributed by atoms with Crippen LogP contribution in [0, 0.1) is 0 Å². The maximum absolute atomic E-state index is 11.0. The Morgan fingerprint density at radius 3 is 2.43 bits per heavy atom. The highest BCUT2D eigenvalue weighted by Gasteiger charge is 2.17. The summed E-state index contributed by atoms with van der Waals surface area (Å²) in [4.78, 5) is 21.2. The minimum absolute atomic E-state index is 0.00403. The fraction of sp³-hybridized carbons (Fsp3) is 0.750. The Morgan fingerprint density at radius 2 is 2.00 bits per heavy atom. The number of amides is 3. The molecule has 0 aromatic carbocycles.